The second-order valence-electron chi connectivity index (χ2n) is 8.15. The van der Waals surface area contributed by atoms with Crippen molar-refractivity contribution in [3.8, 4) is 0 Å². The number of amides is 2. The molecule has 0 unspecified atom stereocenters. The lowest BCUT2D eigenvalue weighted by molar-refractivity contribution is -0.127. The molecular formula is C26H32N4O2. The molecule has 0 aromatic heterocycles. The molecule has 3 aromatic rings. The number of carbonyl (C=O) groups excluding carboxylic acids is 2. The molecule has 168 valence electrons. The van der Waals surface area contributed by atoms with Crippen LogP contribution in [0.1, 0.15) is 30.4 Å². The summed E-state index contributed by atoms with van der Waals surface area (Å²) in [6.45, 7) is 2.53. The first-order valence-electron chi connectivity index (χ1n) is 11.1. The molecule has 0 heterocycles. The summed E-state index contributed by atoms with van der Waals surface area (Å²) < 4.78 is 0. The number of rotatable bonds is 10. The molecule has 2 amide bonds. The van der Waals surface area contributed by atoms with Crippen molar-refractivity contribution in [2.45, 2.75) is 44.7 Å². The highest BCUT2D eigenvalue weighted by molar-refractivity contribution is 5.98. The van der Waals surface area contributed by atoms with Crippen molar-refractivity contribution in [3.05, 3.63) is 77.9 Å². The topological polar surface area (TPSA) is 110 Å². The summed E-state index contributed by atoms with van der Waals surface area (Å²) in [6, 6.07) is 20.1. The van der Waals surface area contributed by atoms with Crippen molar-refractivity contribution in [3.63, 3.8) is 0 Å². The Kier molecular flexibility index (Phi) is 8.36. The Morgan fingerprint density at radius 2 is 1.62 bits per heavy atom. The van der Waals surface area contributed by atoms with E-state index in [4.69, 9.17) is 11.5 Å². The van der Waals surface area contributed by atoms with Gasteiger partial charge in [-0.2, -0.15) is 0 Å². The highest BCUT2D eigenvalue weighted by Crippen LogP contribution is 2.19. The number of benzene rings is 3. The van der Waals surface area contributed by atoms with E-state index in [1.807, 2.05) is 73.7 Å². The van der Waals surface area contributed by atoms with Gasteiger partial charge >= 0.3 is 0 Å². The van der Waals surface area contributed by atoms with E-state index in [-0.39, 0.29) is 11.8 Å². The van der Waals surface area contributed by atoms with Crippen molar-refractivity contribution < 1.29 is 9.59 Å². The number of unbranched alkanes of at least 4 members (excludes halogenated alkanes) is 1. The van der Waals surface area contributed by atoms with E-state index in [0.29, 0.717) is 25.1 Å². The molecule has 6 nitrogen and oxygen atoms in total. The zero-order chi connectivity index (χ0) is 22.9. The van der Waals surface area contributed by atoms with Gasteiger partial charge in [-0.15, -0.1) is 0 Å². The Hall–Kier alpha value is -3.22. The Morgan fingerprint density at radius 3 is 2.38 bits per heavy atom. The SMILES string of the molecule is Cc1ccc(NC(=O)[C@H](CCCCN)NC(=O)[C@@H](N)Cc2cccc3ccccc23)cc1. The second kappa shape index (κ2) is 11.4. The van der Waals surface area contributed by atoms with E-state index in [0.717, 1.165) is 34.7 Å². The smallest absolute Gasteiger partial charge is 0.246 e. The van der Waals surface area contributed by atoms with Crippen LogP contribution in [0.15, 0.2) is 66.7 Å². The lowest BCUT2D eigenvalue weighted by Gasteiger charge is -2.21. The molecule has 0 radical (unpaired) electrons. The molecule has 32 heavy (non-hydrogen) atoms. The summed E-state index contributed by atoms with van der Waals surface area (Å²) in [5.41, 5.74) is 14.7. The van der Waals surface area contributed by atoms with Crippen LogP contribution in [0, 0.1) is 6.92 Å². The fourth-order valence-electron chi connectivity index (χ4n) is 3.71. The number of hydrogen-bond acceptors (Lipinski definition) is 4. The first-order chi connectivity index (χ1) is 15.5. The van der Waals surface area contributed by atoms with Crippen LogP contribution in [0.25, 0.3) is 10.8 Å². The van der Waals surface area contributed by atoms with Gasteiger partial charge in [-0.3, -0.25) is 9.59 Å². The molecule has 6 N–H and O–H groups in total. The summed E-state index contributed by atoms with van der Waals surface area (Å²) in [4.78, 5) is 25.8. The third-order valence-electron chi connectivity index (χ3n) is 5.56. The minimum Gasteiger partial charge on any atom is -0.343 e. The average Bonchev–Trinajstić information content (AvgIpc) is 2.80. The number of nitrogens with two attached hydrogens (primary N) is 2. The van der Waals surface area contributed by atoms with E-state index in [1.54, 1.807) is 0 Å². The molecule has 0 aliphatic rings. The Labute approximate surface area is 189 Å². The first kappa shape index (κ1) is 23.4. The highest BCUT2D eigenvalue weighted by atomic mass is 16.2. The van der Waals surface area contributed by atoms with Gasteiger partial charge in [-0.25, -0.2) is 0 Å². The summed E-state index contributed by atoms with van der Waals surface area (Å²) in [6.07, 6.45) is 2.41. The summed E-state index contributed by atoms with van der Waals surface area (Å²) >= 11 is 0. The lowest BCUT2D eigenvalue weighted by Crippen LogP contribution is -2.50. The maximum absolute atomic E-state index is 12.9. The van der Waals surface area contributed by atoms with Gasteiger partial charge in [0.05, 0.1) is 6.04 Å². The third kappa shape index (κ3) is 6.39. The van der Waals surface area contributed by atoms with Crippen LogP contribution in [-0.2, 0) is 16.0 Å². The summed E-state index contributed by atoms with van der Waals surface area (Å²) in [5, 5.41) is 7.93. The van der Waals surface area contributed by atoms with E-state index in [1.165, 1.54) is 0 Å². The molecule has 6 heteroatoms. The van der Waals surface area contributed by atoms with Gasteiger partial charge in [0.15, 0.2) is 0 Å². The standard InChI is InChI=1S/C26H32N4O2/c1-18-12-14-21(15-13-18)29-26(32)24(11-4-5-16-27)30-25(31)23(28)17-20-9-6-8-19-7-2-3-10-22(19)20/h2-3,6-10,12-15,23-24H,4-5,11,16-17,27-28H2,1H3,(H,29,32)(H,30,31)/t23-,24-/m0/s1. The fraction of sp³-hybridized carbons (Fsp3) is 0.308. The molecule has 0 aliphatic carbocycles. The van der Waals surface area contributed by atoms with E-state index in [9.17, 15) is 9.59 Å². The van der Waals surface area contributed by atoms with Crippen LogP contribution < -0.4 is 22.1 Å². The van der Waals surface area contributed by atoms with Gasteiger partial charge < -0.3 is 22.1 Å². The lowest BCUT2D eigenvalue weighted by atomic mass is 9.98. The minimum absolute atomic E-state index is 0.253. The number of fused-ring (bicyclic) bond motifs is 1. The predicted octanol–water partition coefficient (Wildman–Crippen LogP) is 3.27. The number of anilines is 1. The van der Waals surface area contributed by atoms with Crippen LogP contribution in [0.2, 0.25) is 0 Å². The number of nitrogens with one attached hydrogen (secondary N) is 2. The molecule has 0 bridgehead atoms. The average molecular weight is 433 g/mol. The fourth-order valence-corrected chi connectivity index (χ4v) is 3.71. The highest BCUT2D eigenvalue weighted by Gasteiger charge is 2.24. The summed E-state index contributed by atoms with van der Waals surface area (Å²) in [5.74, 6) is -0.591. The molecule has 0 saturated heterocycles. The molecule has 0 aliphatic heterocycles. The van der Waals surface area contributed by atoms with Gasteiger partial charge in [-0.1, -0.05) is 60.2 Å². The van der Waals surface area contributed by atoms with Crippen molar-refractivity contribution in [2.75, 3.05) is 11.9 Å². The number of hydrogen-bond donors (Lipinski definition) is 4. The van der Waals surface area contributed by atoms with Gasteiger partial charge in [-0.05, 0) is 67.6 Å². The Bertz CT molecular complexity index is 1040. The molecule has 0 spiro atoms. The number of carbonyl (C=O) groups is 2. The zero-order valence-corrected chi connectivity index (χ0v) is 18.5. The van der Waals surface area contributed by atoms with Crippen LogP contribution >= 0.6 is 0 Å². The first-order valence-corrected chi connectivity index (χ1v) is 11.1. The molecule has 2 atom stereocenters. The number of aryl methyl sites for hydroxylation is 1. The van der Waals surface area contributed by atoms with E-state index in [2.05, 4.69) is 10.6 Å². The molecular weight excluding hydrogens is 400 g/mol. The van der Waals surface area contributed by atoms with E-state index < -0.39 is 12.1 Å². The van der Waals surface area contributed by atoms with Gasteiger partial charge in [0, 0.05) is 5.69 Å². The van der Waals surface area contributed by atoms with Crippen LogP contribution in [0.5, 0.6) is 0 Å². The quantitative estimate of drug-likeness (QED) is 0.369. The normalized spacial score (nSPS) is 12.8. The molecule has 3 rings (SSSR count). The van der Waals surface area contributed by atoms with Crippen LogP contribution in [-0.4, -0.2) is 30.4 Å². The van der Waals surface area contributed by atoms with Gasteiger partial charge in [0.1, 0.15) is 6.04 Å². The largest absolute Gasteiger partial charge is 0.343 e. The molecule has 0 fully saturated rings. The third-order valence-corrected chi connectivity index (χ3v) is 5.56. The molecule has 0 saturated carbocycles. The van der Waals surface area contributed by atoms with E-state index >= 15 is 0 Å². The van der Waals surface area contributed by atoms with Gasteiger partial charge in [0.25, 0.3) is 0 Å². The van der Waals surface area contributed by atoms with Crippen molar-refractivity contribution >= 4 is 28.3 Å². The van der Waals surface area contributed by atoms with Crippen molar-refractivity contribution in [1.29, 1.82) is 0 Å². The Balaban J connectivity index is 1.67. The summed E-state index contributed by atoms with van der Waals surface area (Å²) in [7, 11) is 0. The van der Waals surface area contributed by atoms with Crippen molar-refractivity contribution in [1.82, 2.24) is 5.32 Å². The maximum atomic E-state index is 12.9. The second-order valence-corrected chi connectivity index (χ2v) is 8.15. The maximum Gasteiger partial charge on any atom is 0.246 e. The predicted molar refractivity (Wildman–Crippen MR) is 130 cm³/mol. The zero-order valence-electron chi connectivity index (χ0n) is 18.5. The Morgan fingerprint density at radius 1 is 0.906 bits per heavy atom. The van der Waals surface area contributed by atoms with Crippen molar-refractivity contribution in [2.24, 2.45) is 11.5 Å². The van der Waals surface area contributed by atoms with Crippen LogP contribution in [0.3, 0.4) is 0 Å². The van der Waals surface area contributed by atoms with Gasteiger partial charge in [0.2, 0.25) is 11.8 Å². The molecule has 3 aromatic carbocycles. The minimum atomic E-state index is -0.759. The monoisotopic (exact) mass is 432 g/mol. The van der Waals surface area contributed by atoms with Crippen LogP contribution in [0.4, 0.5) is 5.69 Å².